The molecule has 8 heteroatoms. The molecule has 0 bridgehead atoms. The van der Waals surface area contributed by atoms with Crippen molar-refractivity contribution in [2.75, 3.05) is 0 Å². The Morgan fingerprint density at radius 3 is 2.16 bits per heavy atom. The lowest BCUT2D eigenvalue weighted by atomic mass is 9.82. The van der Waals surface area contributed by atoms with E-state index in [0.29, 0.717) is 6.42 Å². The van der Waals surface area contributed by atoms with Crippen LogP contribution in [-0.2, 0) is 17.1 Å². The molecule has 1 aromatic heterocycles. The Kier molecular flexibility index (Phi) is 4.49. The third-order valence-electron chi connectivity index (χ3n) is 2.37. The van der Waals surface area contributed by atoms with Crippen LogP contribution in [-0.4, -0.2) is 29.0 Å². The van der Waals surface area contributed by atoms with Gasteiger partial charge in [-0.25, -0.2) is 17.8 Å². The molecule has 0 fully saturated rings. The van der Waals surface area contributed by atoms with Crippen molar-refractivity contribution in [1.29, 1.82) is 0 Å². The van der Waals surface area contributed by atoms with E-state index in [2.05, 4.69) is 51.7 Å². The Bertz CT molecular complexity index is 538. The zero-order valence-corrected chi connectivity index (χ0v) is 14.6. The summed E-state index contributed by atoms with van der Waals surface area (Å²) in [5.74, 6) is 0. The molecule has 0 spiro atoms. The fourth-order valence-corrected chi connectivity index (χ4v) is 4.89. The lowest BCUT2D eigenvalue weighted by molar-refractivity contribution is 0.269. The number of nitrogens with zero attached hydrogens (tertiary/aromatic N) is 3. The van der Waals surface area contributed by atoms with Gasteiger partial charge in [0.2, 0.25) is 5.03 Å². The van der Waals surface area contributed by atoms with Crippen LogP contribution in [0.2, 0.25) is 0 Å². The molecule has 0 saturated carbocycles. The zero-order valence-electron chi connectivity index (χ0n) is 12.2. The maximum atomic E-state index is 12.4. The second kappa shape index (κ2) is 5.14. The average molecular weight is 353 g/mol. The van der Waals surface area contributed by atoms with Gasteiger partial charge in [-0.3, -0.25) is 0 Å². The fourth-order valence-electron chi connectivity index (χ4n) is 2.38. The van der Waals surface area contributed by atoms with Gasteiger partial charge in [0, 0.05) is 12.6 Å². The summed E-state index contributed by atoms with van der Waals surface area (Å²) < 4.78 is 29.0. The van der Waals surface area contributed by atoms with Crippen molar-refractivity contribution in [1.82, 2.24) is 19.7 Å². The number of nitrogens with one attached hydrogen (secondary N) is 1. The molecule has 110 valence electrons. The van der Waals surface area contributed by atoms with Crippen LogP contribution in [0.3, 0.4) is 0 Å². The van der Waals surface area contributed by atoms with Gasteiger partial charge in [-0.1, -0.05) is 26.0 Å². The lowest BCUT2D eigenvalue weighted by Gasteiger charge is -2.32. The highest BCUT2D eigenvalue weighted by Gasteiger charge is 2.33. The number of aryl methyl sites for hydroxylation is 1. The molecule has 0 aliphatic carbocycles. The molecule has 1 aromatic rings. The van der Waals surface area contributed by atoms with Crippen molar-refractivity contribution in [3.63, 3.8) is 0 Å². The van der Waals surface area contributed by atoms with Crippen LogP contribution in [0.1, 0.15) is 41.0 Å². The van der Waals surface area contributed by atoms with Gasteiger partial charge >= 0.3 is 0 Å². The molecule has 0 saturated heterocycles. The highest BCUT2D eigenvalue weighted by molar-refractivity contribution is 9.10. The van der Waals surface area contributed by atoms with Gasteiger partial charge in [-0.15, -0.1) is 5.10 Å². The fraction of sp³-hybridized carbons (Fsp3) is 0.818. The molecule has 1 N–H and O–H groups in total. The van der Waals surface area contributed by atoms with Crippen molar-refractivity contribution in [2.24, 2.45) is 12.5 Å². The van der Waals surface area contributed by atoms with Crippen molar-refractivity contribution >= 4 is 26.0 Å². The number of aromatic nitrogens is 3. The van der Waals surface area contributed by atoms with Crippen LogP contribution in [0.5, 0.6) is 0 Å². The molecule has 0 aliphatic heterocycles. The van der Waals surface area contributed by atoms with E-state index in [0.717, 1.165) is 0 Å². The maximum Gasteiger partial charge on any atom is 0.261 e. The molecule has 19 heavy (non-hydrogen) atoms. The number of hydrogen-bond donors (Lipinski definition) is 1. The zero-order chi connectivity index (χ0) is 15.1. The number of rotatable bonds is 4. The van der Waals surface area contributed by atoms with E-state index in [4.69, 9.17) is 0 Å². The molecule has 0 aliphatic rings. The van der Waals surface area contributed by atoms with Crippen molar-refractivity contribution in [2.45, 2.75) is 51.6 Å². The predicted octanol–water partition coefficient (Wildman–Crippen LogP) is 2.07. The summed E-state index contributed by atoms with van der Waals surface area (Å²) in [6.07, 6.45) is 0.710. The Morgan fingerprint density at radius 2 is 1.79 bits per heavy atom. The predicted molar refractivity (Wildman–Crippen MR) is 77.2 cm³/mol. The minimum absolute atomic E-state index is 0.0218. The van der Waals surface area contributed by atoms with Crippen LogP contribution < -0.4 is 4.72 Å². The summed E-state index contributed by atoms with van der Waals surface area (Å²) in [5.41, 5.74) is -0.533. The molecular formula is C11H21BrN4O2S. The highest BCUT2D eigenvalue weighted by atomic mass is 79.9. The van der Waals surface area contributed by atoms with Gasteiger partial charge in [0.25, 0.3) is 10.0 Å². The minimum atomic E-state index is -3.67. The summed E-state index contributed by atoms with van der Waals surface area (Å²) in [6.45, 7) is 9.96. The molecule has 0 amide bonds. The van der Waals surface area contributed by atoms with E-state index in [9.17, 15) is 8.42 Å². The van der Waals surface area contributed by atoms with Crippen molar-refractivity contribution in [3.05, 3.63) is 4.60 Å². The molecule has 1 heterocycles. The first kappa shape index (κ1) is 16.6. The van der Waals surface area contributed by atoms with Gasteiger partial charge in [-0.2, -0.15) is 0 Å². The van der Waals surface area contributed by atoms with E-state index < -0.39 is 15.6 Å². The third kappa shape index (κ3) is 4.54. The smallest absolute Gasteiger partial charge is 0.235 e. The normalized spacial score (nSPS) is 13.8. The molecule has 0 unspecified atom stereocenters. The van der Waals surface area contributed by atoms with Crippen molar-refractivity contribution < 1.29 is 8.42 Å². The van der Waals surface area contributed by atoms with E-state index in [1.54, 1.807) is 7.05 Å². The maximum absolute atomic E-state index is 12.4. The van der Waals surface area contributed by atoms with Gasteiger partial charge in [-0.05, 0) is 41.6 Å². The monoisotopic (exact) mass is 352 g/mol. The summed E-state index contributed by atoms with van der Waals surface area (Å²) in [5, 5.41) is 7.42. The van der Waals surface area contributed by atoms with Crippen LogP contribution in [0, 0.1) is 5.41 Å². The first-order chi connectivity index (χ1) is 8.34. The van der Waals surface area contributed by atoms with Crippen molar-refractivity contribution in [3.8, 4) is 0 Å². The standard InChI is InChI=1S/C11H21BrN4O2S/c1-10(2,3)7-11(4,5)14-19(17,18)9-8(12)13-15-16(9)6/h14H,7H2,1-6H3. The SMILES string of the molecule is Cn1nnc(Br)c1S(=O)(=O)NC(C)(C)CC(C)(C)C. The Balaban J connectivity index is 3.05. The van der Waals surface area contributed by atoms with E-state index in [-0.39, 0.29) is 15.0 Å². The van der Waals surface area contributed by atoms with Gasteiger partial charge in [0.15, 0.2) is 4.60 Å². The first-order valence-electron chi connectivity index (χ1n) is 5.93. The molecular weight excluding hydrogens is 332 g/mol. The van der Waals surface area contributed by atoms with E-state index in [1.165, 1.54) is 4.68 Å². The third-order valence-corrected chi connectivity index (χ3v) is 4.96. The highest BCUT2D eigenvalue weighted by Crippen LogP contribution is 2.28. The topological polar surface area (TPSA) is 76.9 Å². The molecule has 6 nitrogen and oxygen atoms in total. The molecule has 0 radical (unpaired) electrons. The molecule has 1 rings (SSSR count). The van der Waals surface area contributed by atoms with E-state index >= 15 is 0 Å². The largest absolute Gasteiger partial charge is 0.261 e. The van der Waals surface area contributed by atoms with Crippen LogP contribution in [0.15, 0.2) is 9.63 Å². The van der Waals surface area contributed by atoms with Gasteiger partial charge in [0.05, 0.1) is 0 Å². The minimum Gasteiger partial charge on any atom is -0.235 e. The second-order valence-electron chi connectivity index (χ2n) is 6.54. The number of hydrogen-bond acceptors (Lipinski definition) is 4. The summed E-state index contributed by atoms with van der Waals surface area (Å²) in [6, 6.07) is 0. The number of sulfonamides is 1. The Hall–Kier alpha value is -0.470. The summed E-state index contributed by atoms with van der Waals surface area (Å²) in [4.78, 5) is 0. The van der Waals surface area contributed by atoms with Crippen LogP contribution in [0.25, 0.3) is 0 Å². The Labute approximate surface area is 123 Å². The molecule has 0 aromatic carbocycles. The van der Waals surface area contributed by atoms with Crippen LogP contribution >= 0.6 is 15.9 Å². The summed E-state index contributed by atoms with van der Waals surface area (Å²) >= 11 is 3.11. The van der Waals surface area contributed by atoms with Gasteiger partial charge in [0.1, 0.15) is 0 Å². The quantitative estimate of drug-likeness (QED) is 0.899. The summed E-state index contributed by atoms with van der Waals surface area (Å²) in [7, 11) is -2.12. The Morgan fingerprint density at radius 1 is 1.26 bits per heavy atom. The number of halogens is 1. The van der Waals surface area contributed by atoms with Gasteiger partial charge < -0.3 is 0 Å². The first-order valence-corrected chi connectivity index (χ1v) is 8.21. The average Bonchev–Trinajstić information content (AvgIpc) is 2.38. The lowest BCUT2D eigenvalue weighted by Crippen LogP contribution is -2.46. The van der Waals surface area contributed by atoms with Crippen LogP contribution in [0.4, 0.5) is 0 Å². The second-order valence-corrected chi connectivity index (χ2v) is 8.88. The van der Waals surface area contributed by atoms with E-state index in [1.807, 2.05) is 13.8 Å². The molecule has 0 atom stereocenters.